The van der Waals surface area contributed by atoms with Gasteiger partial charge in [-0.15, -0.1) is 5.10 Å². The first-order valence-corrected chi connectivity index (χ1v) is 8.19. The number of aromatic nitrogens is 3. The molecule has 0 radical (unpaired) electrons. The Morgan fingerprint density at radius 3 is 2.65 bits per heavy atom. The number of nitrogens with zero attached hydrogens (tertiary/aromatic N) is 4. The van der Waals surface area contributed by atoms with Crippen molar-refractivity contribution in [1.29, 1.82) is 0 Å². The SMILES string of the molecule is CC1CN(C)CCN1c1n[nH]c(=S)n1C1CCCCC1. The Labute approximate surface area is 126 Å². The molecule has 1 unspecified atom stereocenters. The van der Waals surface area contributed by atoms with Gasteiger partial charge in [-0.2, -0.15) is 0 Å². The monoisotopic (exact) mass is 295 g/mol. The second-order valence-electron chi connectivity index (χ2n) is 6.30. The molecule has 6 heteroatoms. The van der Waals surface area contributed by atoms with Crippen LogP contribution in [0.15, 0.2) is 0 Å². The highest BCUT2D eigenvalue weighted by Crippen LogP contribution is 2.32. The summed E-state index contributed by atoms with van der Waals surface area (Å²) in [5.74, 6) is 1.06. The van der Waals surface area contributed by atoms with Crippen molar-refractivity contribution in [2.75, 3.05) is 31.6 Å². The van der Waals surface area contributed by atoms with E-state index in [1.807, 2.05) is 0 Å². The largest absolute Gasteiger partial charge is 0.336 e. The number of H-pyrrole nitrogens is 1. The minimum absolute atomic E-state index is 0.487. The minimum atomic E-state index is 0.487. The smallest absolute Gasteiger partial charge is 0.226 e. The van der Waals surface area contributed by atoms with Crippen molar-refractivity contribution in [1.82, 2.24) is 19.7 Å². The zero-order chi connectivity index (χ0) is 14.1. The Kier molecular flexibility index (Phi) is 4.12. The summed E-state index contributed by atoms with van der Waals surface area (Å²) in [7, 11) is 2.19. The molecule has 3 rings (SSSR count). The zero-order valence-electron chi connectivity index (χ0n) is 12.5. The van der Waals surface area contributed by atoms with E-state index in [1.165, 1.54) is 32.1 Å². The first-order chi connectivity index (χ1) is 9.66. The number of likely N-dealkylation sites (N-methyl/N-ethyl adjacent to an activating group) is 1. The molecule has 20 heavy (non-hydrogen) atoms. The van der Waals surface area contributed by atoms with Crippen LogP contribution >= 0.6 is 12.2 Å². The molecule has 0 amide bonds. The standard InChI is InChI=1S/C14H25N5S/c1-11-10-17(2)8-9-18(11)13-15-16-14(20)19(13)12-6-4-3-5-7-12/h11-12H,3-10H2,1-2H3,(H,16,20). The summed E-state index contributed by atoms with van der Waals surface area (Å²) in [6.45, 7) is 5.49. The predicted octanol–water partition coefficient (Wildman–Crippen LogP) is 2.59. The van der Waals surface area contributed by atoms with Crippen molar-refractivity contribution in [2.45, 2.75) is 51.1 Å². The lowest BCUT2D eigenvalue weighted by Crippen LogP contribution is -2.51. The summed E-state index contributed by atoms with van der Waals surface area (Å²) < 4.78 is 3.08. The van der Waals surface area contributed by atoms with E-state index >= 15 is 0 Å². The lowest BCUT2D eigenvalue weighted by molar-refractivity contribution is 0.268. The van der Waals surface area contributed by atoms with Crippen molar-refractivity contribution in [3.63, 3.8) is 0 Å². The Balaban J connectivity index is 1.88. The molecule has 1 saturated carbocycles. The van der Waals surface area contributed by atoms with E-state index in [4.69, 9.17) is 12.2 Å². The fourth-order valence-corrected chi connectivity index (χ4v) is 3.88. The minimum Gasteiger partial charge on any atom is -0.336 e. The van der Waals surface area contributed by atoms with Crippen LogP contribution in [0.2, 0.25) is 0 Å². The Bertz CT molecular complexity index is 502. The number of aromatic amines is 1. The van der Waals surface area contributed by atoms with Gasteiger partial charge < -0.3 is 9.80 Å². The normalized spacial score (nSPS) is 26.1. The lowest BCUT2D eigenvalue weighted by Gasteiger charge is -2.39. The topological polar surface area (TPSA) is 40.1 Å². The van der Waals surface area contributed by atoms with Gasteiger partial charge in [-0.1, -0.05) is 19.3 Å². The van der Waals surface area contributed by atoms with E-state index in [2.05, 4.69) is 38.5 Å². The molecule has 1 aromatic rings. The molecule has 1 aliphatic carbocycles. The van der Waals surface area contributed by atoms with Crippen LogP contribution < -0.4 is 4.90 Å². The average molecular weight is 295 g/mol. The third-order valence-electron chi connectivity index (χ3n) is 4.71. The van der Waals surface area contributed by atoms with Crippen LogP contribution in [-0.2, 0) is 0 Å². The van der Waals surface area contributed by atoms with Gasteiger partial charge >= 0.3 is 0 Å². The van der Waals surface area contributed by atoms with Crippen molar-refractivity contribution in [3.05, 3.63) is 4.77 Å². The molecule has 0 spiro atoms. The second-order valence-corrected chi connectivity index (χ2v) is 6.68. The van der Waals surface area contributed by atoms with Gasteiger partial charge in [-0.25, -0.2) is 5.10 Å². The summed E-state index contributed by atoms with van der Waals surface area (Å²) in [4.78, 5) is 4.80. The van der Waals surface area contributed by atoms with Gasteiger partial charge in [0.05, 0.1) is 0 Å². The first-order valence-electron chi connectivity index (χ1n) is 7.79. The second kappa shape index (κ2) is 5.85. The van der Waals surface area contributed by atoms with Gasteiger partial charge in [-0.05, 0) is 39.0 Å². The van der Waals surface area contributed by atoms with Crippen molar-refractivity contribution in [2.24, 2.45) is 0 Å². The fraction of sp³-hybridized carbons (Fsp3) is 0.857. The molecule has 1 atom stereocenters. The van der Waals surface area contributed by atoms with E-state index in [-0.39, 0.29) is 0 Å². The number of rotatable bonds is 2. The fourth-order valence-electron chi connectivity index (χ4n) is 3.60. The van der Waals surface area contributed by atoms with E-state index in [0.29, 0.717) is 12.1 Å². The van der Waals surface area contributed by atoms with E-state index in [1.54, 1.807) is 0 Å². The molecule has 1 N–H and O–H groups in total. The van der Waals surface area contributed by atoms with Crippen LogP contribution in [-0.4, -0.2) is 52.4 Å². The highest BCUT2D eigenvalue weighted by molar-refractivity contribution is 7.71. The van der Waals surface area contributed by atoms with Gasteiger partial charge in [0.2, 0.25) is 5.95 Å². The number of nitrogens with one attached hydrogen (secondary N) is 1. The molecule has 2 aliphatic rings. The van der Waals surface area contributed by atoms with Crippen LogP contribution in [0.3, 0.4) is 0 Å². The molecule has 1 aliphatic heterocycles. The lowest BCUT2D eigenvalue weighted by atomic mass is 9.95. The maximum atomic E-state index is 5.49. The van der Waals surface area contributed by atoms with Crippen LogP contribution in [0.25, 0.3) is 0 Å². The van der Waals surface area contributed by atoms with Gasteiger partial charge in [0.15, 0.2) is 4.77 Å². The quantitative estimate of drug-likeness (QED) is 0.851. The van der Waals surface area contributed by atoms with Crippen LogP contribution in [0, 0.1) is 4.77 Å². The first kappa shape index (κ1) is 14.1. The molecular weight excluding hydrogens is 270 g/mol. The van der Waals surface area contributed by atoms with Crippen molar-refractivity contribution in [3.8, 4) is 0 Å². The summed E-state index contributed by atoms with van der Waals surface area (Å²) >= 11 is 5.49. The zero-order valence-corrected chi connectivity index (χ0v) is 13.3. The van der Waals surface area contributed by atoms with E-state index in [9.17, 15) is 0 Å². The third kappa shape index (κ3) is 2.63. The highest BCUT2D eigenvalue weighted by atomic mass is 32.1. The van der Waals surface area contributed by atoms with Crippen LogP contribution in [0.4, 0.5) is 5.95 Å². The number of piperazine rings is 1. The number of hydrogen-bond acceptors (Lipinski definition) is 4. The molecule has 112 valence electrons. The third-order valence-corrected chi connectivity index (χ3v) is 5.00. The Morgan fingerprint density at radius 2 is 1.95 bits per heavy atom. The van der Waals surface area contributed by atoms with Gasteiger partial charge in [-0.3, -0.25) is 4.57 Å². The molecule has 1 saturated heterocycles. The molecule has 2 heterocycles. The Morgan fingerprint density at radius 1 is 1.20 bits per heavy atom. The molecular formula is C14H25N5S. The summed E-state index contributed by atoms with van der Waals surface area (Å²) in [5, 5.41) is 7.57. The molecule has 2 fully saturated rings. The predicted molar refractivity (Wildman–Crippen MR) is 83.8 cm³/mol. The van der Waals surface area contributed by atoms with Gasteiger partial charge in [0, 0.05) is 31.7 Å². The van der Waals surface area contributed by atoms with Crippen molar-refractivity contribution < 1.29 is 0 Å². The summed E-state index contributed by atoms with van der Waals surface area (Å²) in [6.07, 6.45) is 6.47. The van der Waals surface area contributed by atoms with Crippen LogP contribution in [0.1, 0.15) is 45.1 Å². The highest BCUT2D eigenvalue weighted by Gasteiger charge is 2.28. The Hall–Kier alpha value is -0.880. The molecule has 0 bridgehead atoms. The molecule has 5 nitrogen and oxygen atoms in total. The average Bonchev–Trinajstić information content (AvgIpc) is 2.81. The maximum absolute atomic E-state index is 5.49. The molecule has 1 aromatic heterocycles. The van der Waals surface area contributed by atoms with E-state index in [0.717, 1.165) is 30.4 Å². The summed E-state index contributed by atoms with van der Waals surface area (Å²) in [5.41, 5.74) is 0. The number of anilines is 1. The van der Waals surface area contributed by atoms with Crippen LogP contribution in [0.5, 0.6) is 0 Å². The van der Waals surface area contributed by atoms with E-state index < -0.39 is 0 Å². The van der Waals surface area contributed by atoms with Crippen molar-refractivity contribution >= 4 is 18.2 Å². The van der Waals surface area contributed by atoms with Gasteiger partial charge in [0.25, 0.3) is 0 Å². The van der Waals surface area contributed by atoms with Gasteiger partial charge in [0.1, 0.15) is 0 Å². The summed E-state index contributed by atoms with van der Waals surface area (Å²) in [6, 6.07) is 1.03. The molecule has 0 aromatic carbocycles. The number of hydrogen-bond donors (Lipinski definition) is 1. The maximum Gasteiger partial charge on any atom is 0.226 e.